The summed E-state index contributed by atoms with van der Waals surface area (Å²) in [6.45, 7) is 1.19. The van der Waals surface area contributed by atoms with Gasteiger partial charge in [-0.05, 0) is 24.6 Å². The molecule has 1 aromatic carbocycles. The van der Waals surface area contributed by atoms with Crippen molar-refractivity contribution in [3.8, 4) is 6.07 Å². The molecule has 0 bridgehead atoms. The third kappa shape index (κ3) is 1.96. The van der Waals surface area contributed by atoms with Crippen molar-refractivity contribution in [2.45, 2.75) is 13.1 Å². The summed E-state index contributed by atoms with van der Waals surface area (Å²) >= 11 is 0. The molecule has 1 rings (SSSR count). The maximum absolute atomic E-state index is 12.6. The second kappa shape index (κ2) is 3.69. The molecule has 78 valence electrons. The highest BCUT2D eigenvalue weighted by Gasteiger charge is 2.36. The topological polar surface area (TPSA) is 60.0 Å². The Labute approximate surface area is 83.7 Å². The number of nitriles is 1. The summed E-state index contributed by atoms with van der Waals surface area (Å²) in [5.41, 5.74) is 4.94. The normalized spacial score (nSPS) is 10.9. The van der Waals surface area contributed by atoms with Gasteiger partial charge in [-0.25, -0.2) is 5.53 Å². The molecule has 0 radical (unpaired) electrons. The second-order valence-corrected chi connectivity index (χ2v) is 2.85. The minimum atomic E-state index is -4.60. The second-order valence-electron chi connectivity index (χ2n) is 2.85. The molecule has 0 heterocycles. The molecule has 0 spiro atoms. The molecule has 0 fully saturated rings. The third-order valence-electron chi connectivity index (χ3n) is 1.96. The largest absolute Gasteiger partial charge is 0.418 e. The van der Waals surface area contributed by atoms with Crippen molar-refractivity contribution in [1.29, 1.82) is 10.8 Å². The maximum atomic E-state index is 12.6. The predicted octanol–water partition coefficient (Wildman–Crippen LogP) is 3.55. The molecule has 0 amide bonds. The van der Waals surface area contributed by atoms with Gasteiger partial charge in [-0.1, -0.05) is 0 Å². The van der Waals surface area contributed by atoms with E-state index >= 15 is 0 Å². The zero-order valence-corrected chi connectivity index (χ0v) is 7.68. The first-order valence-corrected chi connectivity index (χ1v) is 3.90. The van der Waals surface area contributed by atoms with E-state index in [1.165, 1.54) is 19.1 Å². The Morgan fingerprint density at radius 2 is 2.00 bits per heavy atom. The highest BCUT2D eigenvalue weighted by Crippen LogP contribution is 2.37. The van der Waals surface area contributed by atoms with Crippen molar-refractivity contribution < 1.29 is 13.2 Å². The van der Waals surface area contributed by atoms with Gasteiger partial charge in [0.2, 0.25) is 0 Å². The minimum absolute atomic E-state index is 0.0821. The zero-order valence-electron chi connectivity index (χ0n) is 7.68. The Bertz CT molecular complexity index is 443. The van der Waals surface area contributed by atoms with Crippen molar-refractivity contribution in [1.82, 2.24) is 0 Å². The Morgan fingerprint density at radius 3 is 2.40 bits per heavy atom. The fourth-order valence-electron chi connectivity index (χ4n) is 1.28. The molecule has 0 unspecified atom stereocenters. The third-order valence-corrected chi connectivity index (χ3v) is 1.96. The van der Waals surface area contributed by atoms with E-state index in [2.05, 4.69) is 5.11 Å². The molecule has 0 atom stereocenters. The summed E-state index contributed by atoms with van der Waals surface area (Å²) in [5.74, 6) is 0. The summed E-state index contributed by atoms with van der Waals surface area (Å²) in [7, 11) is 0. The highest BCUT2D eigenvalue weighted by atomic mass is 19.4. The summed E-state index contributed by atoms with van der Waals surface area (Å²) in [4.78, 5) is 0. The van der Waals surface area contributed by atoms with Crippen LogP contribution in [0.15, 0.2) is 17.2 Å². The number of nitrogens with one attached hydrogen (secondary N) is 1. The monoisotopic (exact) mass is 213 g/mol. The Morgan fingerprint density at radius 1 is 1.40 bits per heavy atom. The molecule has 15 heavy (non-hydrogen) atoms. The number of hydrogen-bond donors (Lipinski definition) is 1. The van der Waals surface area contributed by atoms with Crippen LogP contribution in [0.25, 0.3) is 0 Å². The first kappa shape index (κ1) is 11.2. The van der Waals surface area contributed by atoms with Gasteiger partial charge in [0.1, 0.15) is 0 Å². The Hall–Kier alpha value is -1.90. The number of hydrogen-bond acceptors (Lipinski definition) is 3. The first-order valence-electron chi connectivity index (χ1n) is 3.90. The van der Waals surface area contributed by atoms with Gasteiger partial charge in [-0.2, -0.15) is 23.5 Å². The van der Waals surface area contributed by atoms with E-state index in [0.717, 1.165) is 6.07 Å². The lowest BCUT2D eigenvalue weighted by Crippen LogP contribution is -2.10. The van der Waals surface area contributed by atoms with E-state index in [4.69, 9.17) is 10.8 Å². The molecular formula is C9H6F3N3. The van der Waals surface area contributed by atoms with Gasteiger partial charge in [-0.3, -0.25) is 0 Å². The minimum Gasteiger partial charge on any atom is -0.204 e. The molecule has 0 aliphatic rings. The SMILES string of the molecule is Cc1c(N=N)ccc(C#N)c1C(F)(F)F. The van der Waals surface area contributed by atoms with Gasteiger partial charge in [0, 0.05) is 0 Å². The van der Waals surface area contributed by atoms with Gasteiger partial charge in [0.25, 0.3) is 0 Å². The van der Waals surface area contributed by atoms with E-state index in [1.54, 1.807) is 0 Å². The average molecular weight is 213 g/mol. The summed E-state index contributed by atoms with van der Waals surface area (Å²) < 4.78 is 37.7. The lowest BCUT2D eigenvalue weighted by Gasteiger charge is -2.12. The van der Waals surface area contributed by atoms with Crippen LogP contribution < -0.4 is 0 Å². The van der Waals surface area contributed by atoms with Crippen LogP contribution >= 0.6 is 0 Å². The van der Waals surface area contributed by atoms with Crippen LogP contribution in [-0.4, -0.2) is 0 Å². The van der Waals surface area contributed by atoms with Gasteiger partial charge in [-0.15, -0.1) is 0 Å². The smallest absolute Gasteiger partial charge is 0.204 e. The molecule has 1 aromatic rings. The van der Waals surface area contributed by atoms with Crippen LogP contribution in [0.4, 0.5) is 18.9 Å². The summed E-state index contributed by atoms with van der Waals surface area (Å²) in [5, 5.41) is 11.5. The van der Waals surface area contributed by atoms with Crippen LogP contribution in [0, 0.1) is 23.8 Å². The highest BCUT2D eigenvalue weighted by molar-refractivity contribution is 5.56. The quantitative estimate of drug-likeness (QED) is 0.712. The molecule has 6 heteroatoms. The van der Waals surface area contributed by atoms with E-state index in [0.29, 0.717) is 0 Å². The summed E-state index contributed by atoms with van der Waals surface area (Å²) in [6.07, 6.45) is -4.60. The molecule has 1 N–H and O–H groups in total. The average Bonchev–Trinajstić information content (AvgIpc) is 2.15. The molecular weight excluding hydrogens is 207 g/mol. The fourth-order valence-corrected chi connectivity index (χ4v) is 1.28. The fraction of sp³-hybridized carbons (Fsp3) is 0.222. The van der Waals surface area contributed by atoms with Crippen LogP contribution in [0.5, 0.6) is 0 Å². The lowest BCUT2D eigenvalue weighted by atomic mass is 10.0. The van der Waals surface area contributed by atoms with Crippen LogP contribution in [0.3, 0.4) is 0 Å². The molecule has 0 saturated heterocycles. The zero-order chi connectivity index (χ0) is 11.6. The first-order chi connectivity index (χ1) is 6.91. The van der Waals surface area contributed by atoms with E-state index in [1.807, 2.05) is 0 Å². The number of halogens is 3. The Balaban J connectivity index is 3.59. The van der Waals surface area contributed by atoms with E-state index in [-0.39, 0.29) is 11.3 Å². The van der Waals surface area contributed by atoms with Gasteiger partial charge in [0.05, 0.1) is 22.9 Å². The van der Waals surface area contributed by atoms with Crippen LogP contribution in [-0.2, 0) is 6.18 Å². The molecule has 0 aliphatic heterocycles. The van der Waals surface area contributed by atoms with Crippen molar-refractivity contribution >= 4 is 5.69 Å². The van der Waals surface area contributed by atoms with Gasteiger partial charge >= 0.3 is 6.18 Å². The van der Waals surface area contributed by atoms with Crippen molar-refractivity contribution in [2.75, 3.05) is 0 Å². The Kier molecular flexibility index (Phi) is 2.75. The number of rotatable bonds is 1. The number of nitrogens with zero attached hydrogens (tertiary/aromatic N) is 2. The molecule has 0 aromatic heterocycles. The standard InChI is InChI=1S/C9H6F3N3/c1-5-7(15-14)3-2-6(4-13)8(5)9(10,11)12/h2-3,14H,1H3. The van der Waals surface area contributed by atoms with E-state index < -0.39 is 17.3 Å². The van der Waals surface area contributed by atoms with Crippen molar-refractivity contribution in [2.24, 2.45) is 5.11 Å². The van der Waals surface area contributed by atoms with Crippen LogP contribution in [0.2, 0.25) is 0 Å². The number of alkyl halides is 3. The van der Waals surface area contributed by atoms with Gasteiger partial charge in [0.15, 0.2) is 0 Å². The predicted molar refractivity (Wildman–Crippen MR) is 45.7 cm³/mol. The van der Waals surface area contributed by atoms with Crippen molar-refractivity contribution in [3.63, 3.8) is 0 Å². The lowest BCUT2D eigenvalue weighted by molar-refractivity contribution is -0.138. The van der Waals surface area contributed by atoms with Crippen LogP contribution in [0.1, 0.15) is 16.7 Å². The molecule has 3 nitrogen and oxygen atoms in total. The maximum Gasteiger partial charge on any atom is 0.418 e. The molecule has 0 saturated carbocycles. The van der Waals surface area contributed by atoms with E-state index in [9.17, 15) is 13.2 Å². The van der Waals surface area contributed by atoms with Crippen molar-refractivity contribution in [3.05, 3.63) is 28.8 Å². The number of benzene rings is 1. The summed E-state index contributed by atoms with van der Waals surface area (Å²) in [6, 6.07) is 3.71. The van der Waals surface area contributed by atoms with Gasteiger partial charge < -0.3 is 0 Å². The molecule has 0 aliphatic carbocycles.